The Bertz CT molecular complexity index is 1010. The molecule has 0 radical (unpaired) electrons. The Morgan fingerprint density at radius 3 is 2.52 bits per heavy atom. The van der Waals surface area contributed by atoms with E-state index in [2.05, 4.69) is 10.3 Å². The van der Waals surface area contributed by atoms with Crippen molar-refractivity contribution < 1.29 is 37.3 Å². The summed E-state index contributed by atoms with van der Waals surface area (Å²) in [6.45, 7) is 1.33. The van der Waals surface area contributed by atoms with Gasteiger partial charge in [0.05, 0.1) is 25.0 Å². The van der Waals surface area contributed by atoms with E-state index in [0.29, 0.717) is 11.1 Å². The minimum atomic E-state index is -4.59. The van der Waals surface area contributed by atoms with Gasteiger partial charge in [-0.25, -0.2) is 9.18 Å². The lowest BCUT2D eigenvalue weighted by Crippen LogP contribution is -2.45. The second-order valence-electron chi connectivity index (χ2n) is 7.93. The van der Waals surface area contributed by atoms with Gasteiger partial charge in [-0.3, -0.25) is 4.98 Å². The molecule has 2 aromatic rings. The maximum absolute atomic E-state index is 15.6. The average molecular weight is 471 g/mol. The first-order chi connectivity index (χ1) is 15.5. The van der Waals surface area contributed by atoms with E-state index in [-0.39, 0.29) is 37.3 Å². The monoisotopic (exact) mass is 471 g/mol. The summed E-state index contributed by atoms with van der Waals surface area (Å²) in [6, 6.07) is 4.04. The van der Waals surface area contributed by atoms with Crippen LogP contribution in [0.2, 0.25) is 0 Å². The van der Waals surface area contributed by atoms with E-state index >= 15 is 4.39 Å². The van der Waals surface area contributed by atoms with Gasteiger partial charge in [0, 0.05) is 49.4 Å². The number of aliphatic hydroxyl groups excluding tert-OH is 2. The fraction of sp³-hybridized carbons (Fsp3) is 0.455. The Morgan fingerprint density at radius 2 is 1.97 bits per heavy atom. The van der Waals surface area contributed by atoms with E-state index in [1.165, 1.54) is 11.1 Å². The molecule has 33 heavy (non-hydrogen) atoms. The van der Waals surface area contributed by atoms with Crippen LogP contribution in [0.5, 0.6) is 5.75 Å². The van der Waals surface area contributed by atoms with Crippen LogP contribution in [0, 0.1) is 6.92 Å². The standard InChI is InChI=1S/C22H25F4N3O4/c1-13-9-14(17(31)12-30)11-27-19(13)21(23)5-7-29(8-6-21)20(32)28-15-3-4-16(22(24,25)26)18(10-15)33-2/h3-4,9-11,17,30-31H,5-8,12H2,1-2H3,(H,28,32)/t17-/m0/s1. The molecule has 0 aliphatic carbocycles. The average Bonchev–Trinajstić information content (AvgIpc) is 2.77. The highest BCUT2D eigenvalue weighted by atomic mass is 19.4. The second-order valence-corrected chi connectivity index (χ2v) is 7.93. The molecule has 1 aliphatic rings. The van der Waals surface area contributed by atoms with Crippen LogP contribution < -0.4 is 10.1 Å². The predicted molar refractivity (Wildman–Crippen MR) is 112 cm³/mol. The van der Waals surface area contributed by atoms with Gasteiger partial charge in [0.25, 0.3) is 0 Å². The summed E-state index contributed by atoms with van der Waals surface area (Å²) in [4.78, 5) is 18.1. The number of nitrogens with zero attached hydrogens (tertiary/aromatic N) is 2. The molecule has 180 valence electrons. The summed E-state index contributed by atoms with van der Waals surface area (Å²) in [6.07, 6.45) is -4.41. The molecule has 2 amide bonds. The molecule has 1 aromatic carbocycles. The molecule has 0 spiro atoms. The van der Waals surface area contributed by atoms with E-state index in [1.807, 2.05) is 0 Å². The summed E-state index contributed by atoms with van der Waals surface area (Å²) < 4.78 is 59.4. The Kier molecular flexibility index (Phi) is 7.13. The number of amides is 2. The minimum absolute atomic E-state index is 0.0213. The molecular weight excluding hydrogens is 446 g/mol. The molecule has 2 heterocycles. The molecule has 3 rings (SSSR count). The van der Waals surface area contributed by atoms with Crippen LogP contribution in [0.3, 0.4) is 0 Å². The van der Waals surface area contributed by atoms with Crippen molar-refractivity contribution in [3.05, 3.63) is 52.8 Å². The van der Waals surface area contributed by atoms with Crippen molar-refractivity contribution in [3.63, 3.8) is 0 Å². The van der Waals surface area contributed by atoms with Crippen molar-refractivity contribution in [2.24, 2.45) is 0 Å². The number of methoxy groups -OCH3 is 1. The van der Waals surface area contributed by atoms with Crippen LogP contribution in [0.25, 0.3) is 0 Å². The molecular formula is C22H25F4N3O4. The normalized spacial score (nSPS) is 16.9. The van der Waals surface area contributed by atoms with Crippen molar-refractivity contribution in [3.8, 4) is 5.75 Å². The number of alkyl halides is 4. The van der Waals surface area contributed by atoms with Crippen LogP contribution in [0.15, 0.2) is 30.5 Å². The molecule has 1 fully saturated rings. The van der Waals surface area contributed by atoms with Gasteiger partial charge in [-0.05, 0) is 30.7 Å². The summed E-state index contributed by atoms with van der Waals surface area (Å²) in [5.41, 5.74) is -1.49. The lowest BCUT2D eigenvalue weighted by atomic mass is 9.87. The van der Waals surface area contributed by atoms with E-state index in [1.54, 1.807) is 13.0 Å². The third-order valence-electron chi connectivity index (χ3n) is 5.68. The zero-order chi connectivity index (χ0) is 24.4. The van der Waals surface area contributed by atoms with E-state index in [4.69, 9.17) is 9.84 Å². The van der Waals surface area contributed by atoms with Crippen molar-refractivity contribution in [2.75, 3.05) is 32.1 Å². The molecule has 1 aromatic heterocycles. The number of aromatic nitrogens is 1. The van der Waals surface area contributed by atoms with E-state index < -0.39 is 41.9 Å². The number of pyridine rings is 1. The summed E-state index contributed by atoms with van der Waals surface area (Å²) in [5, 5.41) is 21.3. The van der Waals surface area contributed by atoms with Gasteiger partial charge in [0.1, 0.15) is 11.9 Å². The minimum Gasteiger partial charge on any atom is -0.496 e. The second kappa shape index (κ2) is 9.52. The third kappa shape index (κ3) is 5.36. The van der Waals surface area contributed by atoms with Crippen molar-refractivity contribution >= 4 is 11.7 Å². The highest BCUT2D eigenvalue weighted by molar-refractivity contribution is 5.89. The molecule has 0 bridgehead atoms. The number of halogens is 4. The summed E-state index contributed by atoms with van der Waals surface area (Å²) in [7, 11) is 1.11. The maximum atomic E-state index is 15.6. The number of ether oxygens (including phenoxy) is 1. The molecule has 1 aliphatic heterocycles. The van der Waals surface area contributed by atoms with E-state index in [9.17, 15) is 23.1 Å². The number of piperidine rings is 1. The third-order valence-corrected chi connectivity index (χ3v) is 5.68. The van der Waals surface area contributed by atoms with Crippen molar-refractivity contribution in [1.29, 1.82) is 0 Å². The number of urea groups is 1. The van der Waals surface area contributed by atoms with Gasteiger partial charge >= 0.3 is 12.2 Å². The largest absolute Gasteiger partial charge is 0.496 e. The van der Waals surface area contributed by atoms with E-state index in [0.717, 1.165) is 25.3 Å². The Morgan fingerprint density at radius 1 is 1.30 bits per heavy atom. The Hall–Kier alpha value is -2.92. The number of aliphatic hydroxyl groups is 2. The number of anilines is 1. The number of rotatable bonds is 5. The molecule has 3 N–H and O–H groups in total. The van der Waals surface area contributed by atoms with Gasteiger partial charge in [-0.15, -0.1) is 0 Å². The zero-order valence-electron chi connectivity index (χ0n) is 18.1. The molecule has 0 unspecified atom stereocenters. The van der Waals surface area contributed by atoms with Gasteiger partial charge in [-0.2, -0.15) is 13.2 Å². The lowest BCUT2D eigenvalue weighted by Gasteiger charge is -2.36. The van der Waals surface area contributed by atoms with Crippen LogP contribution in [0.4, 0.5) is 28.0 Å². The first-order valence-corrected chi connectivity index (χ1v) is 10.2. The smallest absolute Gasteiger partial charge is 0.419 e. The van der Waals surface area contributed by atoms with Crippen LogP contribution in [-0.2, 0) is 11.8 Å². The summed E-state index contributed by atoms with van der Waals surface area (Å²) >= 11 is 0. The Balaban J connectivity index is 1.67. The first-order valence-electron chi connectivity index (χ1n) is 10.2. The van der Waals surface area contributed by atoms with Crippen LogP contribution in [-0.4, -0.2) is 52.9 Å². The van der Waals surface area contributed by atoms with Crippen molar-refractivity contribution in [1.82, 2.24) is 9.88 Å². The summed E-state index contributed by atoms with van der Waals surface area (Å²) in [5.74, 6) is -0.418. The predicted octanol–water partition coefficient (Wildman–Crippen LogP) is 3.94. The highest BCUT2D eigenvalue weighted by Gasteiger charge is 2.40. The topological polar surface area (TPSA) is 94.9 Å². The molecule has 1 saturated heterocycles. The van der Waals surface area contributed by atoms with Gasteiger partial charge in [0.2, 0.25) is 0 Å². The zero-order valence-corrected chi connectivity index (χ0v) is 18.1. The maximum Gasteiger partial charge on any atom is 0.419 e. The number of hydrogen-bond donors (Lipinski definition) is 3. The number of carbonyl (C=O) groups is 1. The molecule has 0 saturated carbocycles. The quantitative estimate of drug-likeness (QED) is 0.575. The number of nitrogens with one attached hydrogen (secondary N) is 1. The highest BCUT2D eigenvalue weighted by Crippen LogP contribution is 2.39. The van der Waals surface area contributed by atoms with Crippen LogP contribution >= 0.6 is 0 Å². The SMILES string of the molecule is COc1cc(NC(=O)N2CCC(F)(c3ncc([C@@H](O)CO)cc3C)CC2)ccc1C(F)(F)F. The number of benzene rings is 1. The van der Waals surface area contributed by atoms with Gasteiger partial charge in [0.15, 0.2) is 5.67 Å². The van der Waals surface area contributed by atoms with Crippen molar-refractivity contribution in [2.45, 2.75) is 37.7 Å². The number of likely N-dealkylation sites (tertiary alicyclic amines) is 1. The Labute approximate surface area is 188 Å². The molecule has 7 nitrogen and oxygen atoms in total. The number of aryl methyl sites for hydroxylation is 1. The molecule has 11 heteroatoms. The fourth-order valence-corrected chi connectivity index (χ4v) is 3.86. The van der Waals surface area contributed by atoms with Gasteiger partial charge < -0.3 is 25.2 Å². The van der Waals surface area contributed by atoms with Crippen LogP contribution in [0.1, 0.15) is 41.3 Å². The number of hydrogen-bond acceptors (Lipinski definition) is 5. The lowest BCUT2D eigenvalue weighted by molar-refractivity contribution is -0.138. The number of carbonyl (C=O) groups excluding carboxylic acids is 1. The fourth-order valence-electron chi connectivity index (χ4n) is 3.86. The van der Waals surface area contributed by atoms with Gasteiger partial charge in [-0.1, -0.05) is 0 Å². The molecule has 1 atom stereocenters. The first kappa shape index (κ1) is 24.7.